The number of aliphatic hydroxyl groups excluding tert-OH is 14. The fourth-order valence-corrected chi connectivity index (χ4v) is 8.34. The average Bonchev–Trinajstić information content (AvgIpc) is 3.31. The lowest BCUT2D eigenvalue weighted by Gasteiger charge is -2.48. The first-order chi connectivity index (χ1) is 32.1. The summed E-state index contributed by atoms with van der Waals surface area (Å²) in [6, 6.07) is 0. The van der Waals surface area contributed by atoms with Crippen molar-refractivity contribution < 1.29 is 119 Å². The predicted molar refractivity (Wildman–Crippen MR) is 228 cm³/mol. The van der Waals surface area contributed by atoms with E-state index in [1.165, 1.54) is 27.0 Å². The quantitative estimate of drug-likeness (QED) is 0.0429. The molecule has 0 saturated carbocycles. The van der Waals surface area contributed by atoms with Crippen molar-refractivity contribution in [2.45, 2.75) is 221 Å². The number of hydrogen-bond acceptors (Lipinski definition) is 24. The van der Waals surface area contributed by atoms with Gasteiger partial charge in [-0.1, -0.05) is 23.3 Å². The van der Waals surface area contributed by atoms with E-state index in [4.69, 9.17) is 47.4 Å². The normalized spacial score (nSPS) is 46.7. The van der Waals surface area contributed by atoms with Gasteiger partial charge in [0, 0.05) is 0 Å². The molecular formula is C44H74O24. The number of hydrogen-bond donors (Lipinski definition) is 14. The fourth-order valence-electron chi connectivity index (χ4n) is 8.34. The first kappa shape index (κ1) is 57.0. The maximum atomic E-state index is 11.3. The topological polar surface area (TPSA) is 376 Å². The molecule has 0 aromatic heterocycles. The van der Waals surface area contributed by atoms with Crippen LogP contribution in [-0.2, 0) is 47.4 Å². The van der Waals surface area contributed by atoms with Gasteiger partial charge in [-0.25, -0.2) is 0 Å². The Labute approximate surface area is 394 Å². The smallest absolute Gasteiger partial charge is 0.228 e. The summed E-state index contributed by atoms with van der Waals surface area (Å²) in [6.07, 6.45) is -29.5. The van der Waals surface area contributed by atoms with Gasteiger partial charge in [0.1, 0.15) is 97.7 Å². The minimum Gasteiger partial charge on any atom is -0.470 e. The molecule has 5 aliphatic rings. The SMILES string of the molecule is C/C(=C/CC/C(C)=C/CC/C(C)=C/O[C@H]1O[C@@H](CO)[C@H](O)[C@@H](O[C@H]2O[C@@H](C)[C@H](O)[C@@H](O)[C@@H]2O)[C@@H]1O[C@H]1O[C@@H](C)[C@H](O)[C@@H](O)[C@@H]1O)CO[C@H]1O[C@@H](CO)[C@H](O)[C@@H](O)[C@@H]1O[C@H]1O[C@@H](C)[C@H](O)[C@@H](O)[C@@H]1O. The van der Waals surface area contributed by atoms with Crippen molar-refractivity contribution in [1.82, 2.24) is 0 Å². The number of allylic oxidation sites excluding steroid dienone is 4. The van der Waals surface area contributed by atoms with Crippen LogP contribution in [-0.4, -0.2) is 245 Å². The molecule has 0 aliphatic carbocycles. The second-order valence-corrected chi connectivity index (χ2v) is 18.4. The lowest BCUT2D eigenvalue weighted by molar-refractivity contribution is -0.385. The zero-order chi connectivity index (χ0) is 50.3. The number of ether oxygens (including phenoxy) is 10. The molecule has 0 unspecified atom stereocenters. The summed E-state index contributed by atoms with van der Waals surface area (Å²) in [7, 11) is 0. The van der Waals surface area contributed by atoms with Gasteiger partial charge in [-0.15, -0.1) is 0 Å². The highest BCUT2D eigenvalue weighted by Gasteiger charge is 2.55. The van der Waals surface area contributed by atoms with Crippen molar-refractivity contribution in [3.8, 4) is 0 Å². The van der Waals surface area contributed by atoms with E-state index in [2.05, 4.69) is 0 Å². The highest BCUT2D eigenvalue weighted by atomic mass is 16.8. The predicted octanol–water partition coefficient (Wildman–Crippen LogP) is -4.47. The second-order valence-electron chi connectivity index (χ2n) is 18.4. The Morgan fingerprint density at radius 2 is 0.824 bits per heavy atom. The van der Waals surface area contributed by atoms with Gasteiger partial charge in [-0.05, 0) is 72.8 Å². The van der Waals surface area contributed by atoms with Crippen molar-refractivity contribution in [3.63, 3.8) is 0 Å². The molecule has 0 bridgehead atoms. The number of aliphatic hydroxyl groups is 14. The van der Waals surface area contributed by atoms with Crippen LogP contribution in [0.4, 0.5) is 0 Å². The van der Waals surface area contributed by atoms with Gasteiger partial charge in [0.25, 0.3) is 0 Å². The van der Waals surface area contributed by atoms with Crippen LogP contribution in [0.15, 0.2) is 35.1 Å². The molecule has 25 atom stereocenters. The zero-order valence-electron chi connectivity index (χ0n) is 39.0. The Morgan fingerprint density at radius 3 is 1.31 bits per heavy atom. The molecule has 5 rings (SSSR count). The van der Waals surface area contributed by atoms with E-state index >= 15 is 0 Å². The van der Waals surface area contributed by atoms with Crippen molar-refractivity contribution >= 4 is 0 Å². The Hall–Kier alpha value is -1.90. The average molecular weight is 987 g/mol. The summed E-state index contributed by atoms with van der Waals surface area (Å²) in [5.41, 5.74) is 2.54. The molecule has 14 N–H and O–H groups in total. The summed E-state index contributed by atoms with van der Waals surface area (Å²) in [5.74, 6) is 0. The monoisotopic (exact) mass is 986 g/mol. The molecule has 0 amide bonds. The molecule has 0 radical (unpaired) electrons. The minimum absolute atomic E-state index is 0.00715. The van der Waals surface area contributed by atoms with E-state index in [1.807, 2.05) is 19.1 Å². The molecule has 5 fully saturated rings. The van der Waals surface area contributed by atoms with Gasteiger partial charge in [0.2, 0.25) is 6.29 Å². The molecule has 5 aliphatic heterocycles. The number of rotatable bonds is 19. The molecule has 0 aromatic rings. The van der Waals surface area contributed by atoms with E-state index in [9.17, 15) is 71.5 Å². The van der Waals surface area contributed by atoms with Crippen LogP contribution in [0.25, 0.3) is 0 Å². The third-order valence-corrected chi connectivity index (χ3v) is 12.9. The van der Waals surface area contributed by atoms with Gasteiger partial charge in [-0.3, -0.25) is 0 Å². The molecule has 0 aromatic carbocycles. The molecule has 24 heteroatoms. The van der Waals surface area contributed by atoms with Crippen LogP contribution in [0.2, 0.25) is 0 Å². The Kier molecular flexibility index (Phi) is 21.5. The highest BCUT2D eigenvalue weighted by Crippen LogP contribution is 2.35. The summed E-state index contributed by atoms with van der Waals surface area (Å²) >= 11 is 0. The van der Waals surface area contributed by atoms with Crippen LogP contribution in [0.1, 0.15) is 67.2 Å². The molecule has 394 valence electrons. The van der Waals surface area contributed by atoms with E-state index < -0.39 is 167 Å². The first-order valence-electron chi connectivity index (χ1n) is 23.0. The summed E-state index contributed by atoms with van der Waals surface area (Å²) in [6.45, 7) is 8.48. The molecule has 68 heavy (non-hydrogen) atoms. The van der Waals surface area contributed by atoms with Gasteiger partial charge in [0.05, 0.1) is 44.4 Å². The molecule has 5 heterocycles. The fraction of sp³-hybridized carbons (Fsp3) is 0.864. The highest BCUT2D eigenvalue weighted by molar-refractivity contribution is 5.06. The Bertz CT molecular complexity index is 1640. The van der Waals surface area contributed by atoms with Gasteiger partial charge >= 0.3 is 0 Å². The third-order valence-electron chi connectivity index (χ3n) is 12.9. The van der Waals surface area contributed by atoms with E-state index in [1.54, 1.807) is 13.8 Å². The van der Waals surface area contributed by atoms with Crippen LogP contribution < -0.4 is 0 Å². The van der Waals surface area contributed by atoms with Gasteiger partial charge < -0.3 is 119 Å². The zero-order valence-corrected chi connectivity index (χ0v) is 39.0. The summed E-state index contributed by atoms with van der Waals surface area (Å²) < 4.78 is 58.0. The van der Waals surface area contributed by atoms with Crippen molar-refractivity contribution in [3.05, 3.63) is 35.1 Å². The molecule has 24 nitrogen and oxygen atoms in total. The van der Waals surface area contributed by atoms with Crippen LogP contribution >= 0.6 is 0 Å². The lowest BCUT2D eigenvalue weighted by atomic mass is 9.96. The summed E-state index contributed by atoms with van der Waals surface area (Å²) in [5, 5.41) is 146. The molecule has 5 saturated heterocycles. The third kappa shape index (κ3) is 13.8. The van der Waals surface area contributed by atoms with E-state index in [0.717, 1.165) is 11.1 Å². The minimum atomic E-state index is -1.80. The molecular weight excluding hydrogens is 912 g/mol. The van der Waals surface area contributed by atoms with Crippen LogP contribution in [0.5, 0.6) is 0 Å². The lowest BCUT2D eigenvalue weighted by Crippen LogP contribution is -2.66. The standard InChI is InChI=1S/C44H74O24/c1-17(9-7-11-18(2)15-59-43-38(33(55)28(50)23(13-45)64-43)67-41-35(57)31(53)26(48)21(5)62-41)10-8-12-19(3)16-60-44-39(68-42-36(58)32(54)27(49)22(6)63-42)37(29(51)24(14-46)65-44)66-40-34(56)30(52)25(47)20(4)61-40/h10-11,16,20-58H,7-9,12-15H2,1-6H3/b17-10+,18-11-,19-16+/t20-,21-,22-,23-,24-,25-,26-,27-,28-,29-,30+,31+,32+,33+,34-,35-,36-,37+,38-,39-,40+,41+,42+,43-,44-/m0/s1. The first-order valence-corrected chi connectivity index (χ1v) is 23.0. The van der Waals surface area contributed by atoms with E-state index in [-0.39, 0.29) is 6.61 Å². The Morgan fingerprint density at radius 1 is 0.412 bits per heavy atom. The van der Waals surface area contributed by atoms with Crippen molar-refractivity contribution in [2.75, 3.05) is 19.8 Å². The maximum absolute atomic E-state index is 11.3. The summed E-state index contributed by atoms with van der Waals surface area (Å²) in [4.78, 5) is 0. The Balaban J connectivity index is 1.18. The second kappa shape index (κ2) is 25.7. The van der Waals surface area contributed by atoms with Crippen LogP contribution in [0, 0.1) is 0 Å². The largest absolute Gasteiger partial charge is 0.470 e. The maximum Gasteiger partial charge on any atom is 0.228 e. The van der Waals surface area contributed by atoms with E-state index in [0.29, 0.717) is 31.3 Å². The molecule has 0 spiro atoms. The van der Waals surface area contributed by atoms with Gasteiger partial charge in [-0.2, -0.15) is 0 Å². The van der Waals surface area contributed by atoms with Gasteiger partial charge in [0.15, 0.2) is 31.3 Å². The van der Waals surface area contributed by atoms with Crippen molar-refractivity contribution in [1.29, 1.82) is 0 Å². The van der Waals surface area contributed by atoms with Crippen molar-refractivity contribution in [2.24, 2.45) is 0 Å². The van der Waals surface area contributed by atoms with Crippen LogP contribution in [0.3, 0.4) is 0 Å².